The molecule has 0 saturated heterocycles. The number of aromatic nitrogens is 1. The van der Waals surface area contributed by atoms with Crippen LogP contribution in [-0.4, -0.2) is 33.8 Å². The molecule has 23 heavy (non-hydrogen) atoms. The summed E-state index contributed by atoms with van der Waals surface area (Å²) < 4.78 is 19.3. The Kier molecular flexibility index (Phi) is 3.54. The molecule has 3 saturated carbocycles. The highest BCUT2D eigenvalue weighted by Gasteiger charge is 2.69. The molecule has 5 nitrogen and oxygen atoms in total. The molecule has 0 unspecified atom stereocenters. The number of carbonyl (C=O) groups is 1. The molecular formula is C17H24FN3O2. The lowest BCUT2D eigenvalue weighted by Gasteiger charge is -2.66. The van der Waals surface area contributed by atoms with Gasteiger partial charge in [0.05, 0.1) is 6.54 Å². The number of nitrogens with zero attached hydrogens (tertiary/aromatic N) is 2. The predicted molar refractivity (Wildman–Crippen MR) is 85.4 cm³/mol. The molecule has 0 aliphatic heterocycles. The Balaban J connectivity index is 1.70. The van der Waals surface area contributed by atoms with Crippen LogP contribution in [0, 0.1) is 5.41 Å². The molecule has 1 amide bonds. The van der Waals surface area contributed by atoms with Gasteiger partial charge in [0.2, 0.25) is 0 Å². The highest BCUT2D eigenvalue weighted by Crippen LogP contribution is 2.69. The molecule has 0 atom stereocenters. The van der Waals surface area contributed by atoms with Crippen LogP contribution in [0.5, 0.6) is 0 Å². The number of ether oxygens (including phenoxy) is 1. The Morgan fingerprint density at radius 1 is 1.39 bits per heavy atom. The van der Waals surface area contributed by atoms with Crippen molar-refractivity contribution in [3.8, 4) is 0 Å². The first-order chi connectivity index (χ1) is 10.6. The van der Waals surface area contributed by atoms with Crippen molar-refractivity contribution in [3.63, 3.8) is 0 Å². The van der Waals surface area contributed by atoms with Crippen molar-refractivity contribution < 1.29 is 13.9 Å². The van der Waals surface area contributed by atoms with Crippen LogP contribution >= 0.6 is 0 Å². The van der Waals surface area contributed by atoms with Crippen molar-refractivity contribution in [3.05, 3.63) is 23.9 Å². The van der Waals surface area contributed by atoms with Crippen molar-refractivity contribution in [1.29, 1.82) is 0 Å². The van der Waals surface area contributed by atoms with Crippen LogP contribution in [0.15, 0.2) is 18.3 Å². The Hall–Kier alpha value is -1.85. The summed E-state index contributed by atoms with van der Waals surface area (Å²) in [4.78, 5) is 18.2. The zero-order chi connectivity index (χ0) is 16.9. The van der Waals surface area contributed by atoms with E-state index in [1.54, 1.807) is 17.2 Å². The van der Waals surface area contributed by atoms with Gasteiger partial charge in [-0.25, -0.2) is 14.2 Å². The fourth-order valence-corrected chi connectivity index (χ4v) is 3.69. The van der Waals surface area contributed by atoms with E-state index in [9.17, 15) is 9.18 Å². The number of carbonyl (C=O) groups excluding carboxylic acids is 1. The Bertz CT molecular complexity index is 589. The number of pyridine rings is 1. The van der Waals surface area contributed by atoms with Gasteiger partial charge in [-0.2, -0.15) is 0 Å². The van der Waals surface area contributed by atoms with Gasteiger partial charge in [-0.15, -0.1) is 0 Å². The minimum absolute atomic E-state index is 0.0626. The molecule has 1 aromatic heterocycles. The predicted octanol–water partition coefficient (Wildman–Crippen LogP) is 3.29. The molecule has 1 heterocycles. The standard InChI is InChI=1S/C17H24FN3O2/c1-15(2,3)23-14(22)21(7-12-4-5-13(19)20-6-12)11-16-8-17(18,9-16)10-16/h4-6H,7-11H2,1-3H3,(H2,19,20). The summed E-state index contributed by atoms with van der Waals surface area (Å²) in [5.41, 5.74) is 4.88. The van der Waals surface area contributed by atoms with E-state index in [-0.39, 0.29) is 11.5 Å². The fraction of sp³-hybridized carbons (Fsp3) is 0.647. The molecule has 2 bridgehead atoms. The quantitative estimate of drug-likeness (QED) is 0.924. The average Bonchev–Trinajstić information content (AvgIpc) is 2.35. The molecule has 126 valence electrons. The smallest absolute Gasteiger partial charge is 0.410 e. The summed E-state index contributed by atoms with van der Waals surface area (Å²) in [6, 6.07) is 3.55. The number of hydrogen-bond acceptors (Lipinski definition) is 4. The van der Waals surface area contributed by atoms with Crippen molar-refractivity contribution >= 4 is 11.9 Å². The Morgan fingerprint density at radius 3 is 2.52 bits per heavy atom. The molecule has 3 aliphatic carbocycles. The Morgan fingerprint density at radius 2 is 2.04 bits per heavy atom. The molecule has 1 aromatic rings. The maximum absolute atomic E-state index is 13.8. The van der Waals surface area contributed by atoms with E-state index in [0.29, 0.717) is 38.2 Å². The second kappa shape index (κ2) is 5.08. The number of hydrogen-bond donors (Lipinski definition) is 1. The summed E-state index contributed by atoms with van der Waals surface area (Å²) >= 11 is 0. The molecule has 0 spiro atoms. The van der Waals surface area contributed by atoms with Gasteiger partial charge in [0.1, 0.15) is 17.1 Å². The maximum atomic E-state index is 13.8. The van der Waals surface area contributed by atoms with Crippen molar-refractivity contribution in [2.45, 2.75) is 57.8 Å². The van der Waals surface area contributed by atoms with Crippen LogP contribution in [0.4, 0.5) is 15.0 Å². The van der Waals surface area contributed by atoms with Crippen LogP contribution in [0.25, 0.3) is 0 Å². The number of nitrogens with two attached hydrogens (primary N) is 1. The molecule has 4 rings (SSSR count). The number of nitrogen functional groups attached to an aromatic ring is 1. The van der Waals surface area contributed by atoms with E-state index in [1.165, 1.54) is 0 Å². The highest BCUT2D eigenvalue weighted by atomic mass is 19.1. The number of alkyl halides is 1. The lowest BCUT2D eigenvalue weighted by Crippen LogP contribution is -2.68. The fourth-order valence-electron chi connectivity index (χ4n) is 3.69. The Labute approximate surface area is 136 Å². The molecule has 0 radical (unpaired) electrons. The first-order valence-corrected chi connectivity index (χ1v) is 7.96. The lowest BCUT2D eigenvalue weighted by atomic mass is 9.42. The monoisotopic (exact) mass is 321 g/mol. The largest absolute Gasteiger partial charge is 0.444 e. The molecule has 3 fully saturated rings. The van der Waals surface area contributed by atoms with Gasteiger partial charge < -0.3 is 15.4 Å². The van der Waals surface area contributed by atoms with Crippen LogP contribution in [0.3, 0.4) is 0 Å². The normalized spacial score (nSPS) is 28.5. The zero-order valence-electron chi connectivity index (χ0n) is 13.9. The number of anilines is 1. The third kappa shape index (κ3) is 3.41. The molecular weight excluding hydrogens is 297 g/mol. The van der Waals surface area contributed by atoms with E-state index in [1.807, 2.05) is 26.8 Å². The second-order valence-electron chi connectivity index (χ2n) is 8.11. The third-order valence-electron chi connectivity index (χ3n) is 4.47. The number of amides is 1. The van der Waals surface area contributed by atoms with Gasteiger partial charge in [-0.3, -0.25) is 0 Å². The minimum Gasteiger partial charge on any atom is -0.444 e. The average molecular weight is 321 g/mol. The van der Waals surface area contributed by atoms with E-state index >= 15 is 0 Å². The first kappa shape index (κ1) is 16.0. The number of halogens is 1. The number of rotatable bonds is 4. The van der Waals surface area contributed by atoms with E-state index in [0.717, 1.165) is 5.56 Å². The molecule has 6 heteroatoms. The zero-order valence-corrected chi connectivity index (χ0v) is 13.9. The molecule has 0 aromatic carbocycles. The molecule has 2 N–H and O–H groups in total. The summed E-state index contributed by atoms with van der Waals surface area (Å²) in [7, 11) is 0. The topological polar surface area (TPSA) is 68.5 Å². The summed E-state index contributed by atoms with van der Waals surface area (Å²) in [6.07, 6.45) is 2.95. The van der Waals surface area contributed by atoms with E-state index in [2.05, 4.69) is 4.98 Å². The summed E-state index contributed by atoms with van der Waals surface area (Å²) in [6.45, 7) is 6.43. The van der Waals surface area contributed by atoms with Gasteiger partial charge in [0, 0.05) is 12.7 Å². The third-order valence-corrected chi connectivity index (χ3v) is 4.47. The van der Waals surface area contributed by atoms with E-state index < -0.39 is 11.3 Å². The molecule has 3 aliphatic rings. The van der Waals surface area contributed by atoms with Crippen molar-refractivity contribution in [1.82, 2.24) is 9.88 Å². The van der Waals surface area contributed by atoms with Crippen LogP contribution < -0.4 is 5.73 Å². The lowest BCUT2D eigenvalue weighted by molar-refractivity contribution is -0.220. The van der Waals surface area contributed by atoms with Crippen molar-refractivity contribution in [2.75, 3.05) is 12.3 Å². The summed E-state index contributed by atoms with van der Waals surface area (Å²) in [5, 5.41) is 0. The van der Waals surface area contributed by atoms with E-state index in [4.69, 9.17) is 10.5 Å². The first-order valence-electron chi connectivity index (χ1n) is 7.96. The highest BCUT2D eigenvalue weighted by molar-refractivity contribution is 5.68. The second-order valence-corrected chi connectivity index (χ2v) is 8.11. The SMILES string of the molecule is CC(C)(C)OC(=O)N(Cc1ccc(N)nc1)CC12CC(F)(C1)C2. The van der Waals surface area contributed by atoms with Crippen LogP contribution in [0.1, 0.15) is 45.6 Å². The van der Waals surface area contributed by atoms with Crippen LogP contribution in [-0.2, 0) is 11.3 Å². The van der Waals surface area contributed by atoms with Gasteiger partial charge in [0.25, 0.3) is 0 Å². The van der Waals surface area contributed by atoms with Gasteiger partial charge in [0.15, 0.2) is 0 Å². The van der Waals surface area contributed by atoms with Gasteiger partial charge >= 0.3 is 6.09 Å². The van der Waals surface area contributed by atoms with Gasteiger partial charge in [-0.05, 0) is 57.1 Å². The minimum atomic E-state index is -0.970. The summed E-state index contributed by atoms with van der Waals surface area (Å²) in [5.74, 6) is 0.441. The maximum Gasteiger partial charge on any atom is 0.410 e. The van der Waals surface area contributed by atoms with Crippen molar-refractivity contribution in [2.24, 2.45) is 5.41 Å². The van der Waals surface area contributed by atoms with Crippen LogP contribution in [0.2, 0.25) is 0 Å². The van der Waals surface area contributed by atoms with Gasteiger partial charge in [-0.1, -0.05) is 6.07 Å².